The fourth-order valence-corrected chi connectivity index (χ4v) is 4.36. The van der Waals surface area contributed by atoms with E-state index >= 15 is 0 Å². The maximum absolute atomic E-state index is 12.5. The Morgan fingerprint density at radius 2 is 1.65 bits per heavy atom. The van der Waals surface area contributed by atoms with Crippen molar-refractivity contribution in [2.24, 2.45) is 23.7 Å². The van der Waals surface area contributed by atoms with E-state index < -0.39 is 0 Å². The van der Waals surface area contributed by atoms with Gasteiger partial charge in [-0.15, -0.1) is 0 Å². The molecule has 2 atom stereocenters. The molecule has 3 fully saturated rings. The highest BCUT2D eigenvalue weighted by Gasteiger charge is 2.48. The van der Waals surface area contributed by atoms with Crippen LogP contribution in [0.3, 0.4) is 0 Å². The molecule has 0 radical (unpaired) electrons. The van der Waals surface area contributed by atoms with Gasteiger partial charge in [0.25, 0.3) is 0 Å². The standard InChI is InChI=1S/C17H30N2O/c1-3-18(4-2)12-13-5-7-19(8-6-13)17(20)16-10-14-9-15(14)11-16/h13-16H,3-12H2,1-2H3. The van der Waals surface area contributed by atoms with Crippen LogP contribution in [0.2, 0.25) is 0 Å². The van der Waals surface area contributed by atoms with Crippen LogP contribution in [0.15, 0.2) is 0 Å². The highest BCUT2D eigenvalue weighted by atomic mass is 16.2. The molecule has 2 unspecified atom stereocenters. The Morgan fingerprint density at radius 3 is 2.20 bits per heavy atom. The molecule has 0 aromatic rings. The van der Waals surface area contributed by atoms with Crippen LogP contribution in [0.4, 0.5) is 0 Å². The van der Waals surface area contributed by atoms with Crippen molar-refractivity contribution in [1.29, 1.82) is 0 Å². The van der Waals surface area contributed by atoms with Crippen molar-refractivity contribution < 1.29 is 4.79 Å². The molecule has 0 aromatic heterocycles. The van der Waals surface area contributed by atoms with Crippen molar-refractivity contribution in [2.45, 2.75) is 46.0 Å². The van der Waals surface area contributed by atoms with Gasteiger partial charge in [0, 0.05) is 25.6 Å². The number of carbonyl (C=O) groups excluding carboxylic acids is 1. The molecule has 114 valence electrons. The van der Waals surface area contributed by atoms with Crippen LogP contribution >= 0.6 is 0 Å². The van der Waals surface area contributed by atoms with Crippen molar-refractivity contribution in [2.75, 3.05) is 32.7 Å². The molecule has 3 nitrogen and oxygen atoms in total. The van der Waals surface area contributed by atoms with Gasteiger partial charge in [0.2, 0.25) is 5.91 Å². The first-order valence-corrected chi connectivity index (χ1v) is 8.72. The van der Waals surface area contributed by atoms with Crippen LogP contribution in [-0.4, -0.2) is 48.4 Å². The molecule has 3 aliphatic rings. The minimum Gasteiger partial charge on any atom is -0.342 e. The normalized spacial score (nSPS) is 33.5. The first kappa shape index (κ1) is 14.4. The highest BCUT2D eigenvalue weighted by Crippen LogP contribution is 2.54. The van der Waals surface area contributed by atoms with E-state index in [0.29, 0.717) is 11.8 Å². The van der Waals surface area contributed by atoms with Gasteiger partial charge in [-0.3, -0.25) is 4.79 Å². The number of amides is 1. The fraction of sp³-hybridized carbons (Fsp3) is 0.941. The van der Waals surface area contributed by atoms with E-state index in [1.807, 2.05) is 0 Å². The van der Waals surface area contributed by atoms with Gasteiger partial charge in [-0.25, -0.2) is 0 Å². The van der Waals surface area contributed by atoms with E-state index in [-0.39, 0.29) is 0 Å². The summed E-state index contributed by atoms with van der Waals surface area (Å²) < 4.78 is 0. The monoisotopic (exact) mass is 278 g/mol. The lowest BCUT2D eigenvalue weighted by Gasteiger charge is -2.35. The third-order valence-electron chi connectivity index (χ3n) is 5.93. The average molecular weight is 278 g/mol. The first-order chi connectivity index (χ1) is 9.71. The number of rotatable bonds is 5. The van der Waals surface area contributed by atoms with E-state index in [9.17, 15) is 4.79 Å². The number of carbonyl (C=O) groups is 1. The second kappa shape index (κ2) is 6.05. The Labute approximate surface area is 123 Å². The summed E-state index contributed by atoms with van der Waals surface area (Å²) in [6, 6.07) is 0. The molecule has 1 amide bonds. The predicted octanol–water partition coefficient (Wildman–Crippen LogP) is 2.61. The van der Waals surface area contributed by atoms with E-state index in [2.05, 4.69) is 23.6 Å². The van der Waals surface area contributed by atoms with Crippen LogP contribution in [0.1, 0.15) is 46.0 Å². The molecule has 0 N–H and O–H groups in total. The minimum atomic E-state index is 0.387. The lowest BCUT2D eigenvalue weighted by atomic mass is 9.94. The van der Waals surface area contributed by atoms with Crippen molar-refractivity contribution in [3.05, 3.63) is 0 Å². The second-order valence-electron chi connectivity index (χ2n) is 7.18. The zero-order valence-corrected chi connectivity index (χ0v) is 13.2. The van der Waals surface area contributed by atoms with Crippen LogP contribution in [0.5, 0.6) is 0 Å². The molecular formula is C17H30N2O. The molecule has 3 rings (SSSR count). The van der Waals surface area contributed by atoms with Gasteiger partial charge in [0.05, 0.1) is 0 Å². The molecule has 1 saturated heterocycles. The van der Waals surface area contributed by atoms with Gasteiger partial charge in [0.1, 0.15) is 0 Å². The average Bonchev–Trinajstić information content (AvgIpc) is 3.10. The third-order valence-corrected chi connectivity index (χ3v) is 5.93. The summed E-state index contributed by atoms with van der Waals surface area (Å²) >= 11 is 0. The number of hydrogen-bond donors (Lipinski definition) is 0. The van der Waals surface area contributed by atoms with Crippen molar-refractivity contribution in [1.82, 2.24) is 9.80 Å². The Morgan fingerprint density at radius 1 is 1.05 bits per heavy atom. The van der Waals surface area contributed by atoms with Crippen molar-refractivity contribution in [3.8, 4) is 0 Å². The number of fused-ring (bicyclic) bond motifs is 1. The van der Waals surface area contributed by atoms with E-state index in [1.165, 1.54) is 38.6 Å². The van der Waals surface area contributed by atoms with Crippen LogP contribution in [-0.2, 0) is 4.79 Å². The van der Waals surface area contributed by atoms with Crippen LogP contribution in [0, 0.1) is 23.7 Å². The van der Waals surface area contributed by atoms with Gasteiger partial charge < -0.3 is 9.80 Å². The van der Waals surface area contributed by atoms with Gasteiger partial charge in [-0.05, 0) is 62.9 Å². The van der Waals surface area contributed by atoms with E-state index in [0.717, 1.165) is 43.9 Å². The molecule has 2 saturated carbocycles. The Kier molecular flexibility index (Phi) is 4.34. The molecule has 0 spiro atoms. The molecule has 3 heteroatoms. The van der Waals surface area contributed by atoms with Gasteiger partial charge in [-0.1, -0.05) is 13.8 Å². The molecular weight excluding hydrogens is 248 g/mol. The van der Waals surface area contributed by atoms with Crippen molar-refractivity contribution >= 4 is 5.91 Å². The largest absolute Gasteiger partial charge is 0.342 e. The number of likely N-dealkylation sites (tertiary alicyclic amines) is 1. The zero-order valence-electron chi connectivity index (χ0n) is 13.2. The molecule has 0 bridgehead atoms. The highest BCUT2D eigenvalue weighted by molar-refractivity contribution is 5.79. The summed E-state index contributed by atoms with van der Waals surface area (Å²) in [5.74, 6) is 3.51. The lowest BCUT2D eigenvalue weighted by Crippen LogP contribution is -2.43. The van der Waals surface area contributed by atoms with E-state index in [4.69, 9.17) is 0 Å². The molecule has 20 heavy (non-hydrogen) atoms. The van der Waals surface area contributed by atoms with Crippen LogP contribution < -0.4 is 0 Å². The van der Waals surface area contributed by atoms with Gasteiger partial charge >= 0.3 is 0 Å². The minimum absolute atomic E-state index is 0.387. The van der Waals surface area contributed by atoms with E-state index in [1.54, 1.807) is 0 Å². The maximum Gasteiger partial charge on any atom is 0.225 e. The van der Waals surface area contributed by atoms with Gasteiger partial charge in [0.15, 0.2) is 0 Å². The molecule has 1 heterocycles. The molecule has 2 aliphatic carbocycles. The number of nitrogens with zero attached hydrogens (tertiary/aromatic N) is 2. The smallest absolute Gasteiger partial charge is 0.225 e. The summed E-state index contributed by atoms with van der Waals surface area (Å²) in [5.41, 5.74) is 0. The SMILES string of the molecule is CCN(CC)CC1CCN(C(=O)C2CC3CC3C2)CC1. The summed E-state index contributed by atoms with van der Waals surface area (Å²) in [6.07, 6.45) is 6.23. The topological polar surface area (TPSA) is 23.6 Å². The lowest BCUT2D eigenvalue weighted by molar-refractivity contribution is -0.137. The first-order valence-electron chi connectivity index (χ1n) is 8.72. The fourth-order valence-electron chi connectivity index (χ4n) is 4.36. The number of piperidine rings is 1. The maximum atomic E-state index is 12.5. The summed E-state index contributed by atoms with van der Waals surface area (Å²) in [7, 11) is 0. The summed E-state index contributed by atoms with van der Waals surface area (Å²) in [4.78, 5) is 17.2. The Hall–Kier alpha value is -0.570. The summed E-state index contributed by atoms with van der Waals surface area (Å²) in [5, 5.41) is 0. The Bertz CT molecular complexity index is 335. The van der Waals surface area contributed by atoms with Crippen molar-refractivity contribution in [3.63, 3.8) is 0 Å². The molecule has 1 aliphatic heterocycles. The van der Waals surface area contributed by atoms with Crippen LogP contribution in [0.25, 0.3) is 0 Å². The predicted molar refractivity (Wildman–Crippen MR) is 81.4 cm³/mol. The Balaban J connectivity index is 1.42. The van der Waals surface area contributed by atoms with Gasteiger partial charge in [-0.2, -0.15) is 0 Å². The molecule has 0 aromatic carbocycles. The zero-order chi connectivity index (χ0) is 14.1. The number of hydrogen-bond acceptors (Lipinski definition) is 2. The summed E-state index contributed by atoms with van der Waals surface area (Å²) in [6.45, 7) is 10.0. The third kappa shape index (κ3) is 3.03. The quantitative estimate of drug-likeness (QED) is 0.772. The second-order valence-corrected chi connectivity index (χ2v) is 7.18.